The van der Waals surface area contributed by atoms with E-state index in [1.807, 2.05) is 0 Å². The van der Waals surface area contributed by atoms with Crippen LogP contribution in [0.2, 0.25) is 0 Å². The Kier molecular flexibility index (Phi) is 2.49. The van der Waals surface area contributed by atoms with Gasteiger partial charge in [-0.25, -0.2) is 4.79 Å². The molecular weight excluding hydrogens is 182 g/mol. The quantitative estimate of drug-likeness (QED) is 0.643. The van der Waals surface area contributed by atoms with Crippen LogP contribution in [-0.2, 0) is 4.79 Å². The molecule has 0 spiro atoms. The average molecular weight is 199 g/mol. The number of piperidine rings is 2. The molecule has 0 aliphatic carbocycles. The third-order valence-corrected chi connectivity index (χ3v) is 3.53. The van der Waals surface area contributed by atoms with Crippen molar-refractivity contribution in [1.29, 1.82) is 0 Å². The SMILES string of the molecule is O=C(O)C1(O)CCN2CCCCC2C1. The fourth-order valence-electron chi connectivity index (χ4n) is 2.60. The topological polar surface area (TPSA) is 60.8 Å². The molecular formula is C10H17NO3. The molecule has 2 aliphatic rings. The highest BCUT2D eigenvalue weighted by Gasteiger charge is 2.44. The maximum Gasteiger partial charge on any atom is 0.335 e. The predicted octanol–water partition coefficient (Wildman–Crippen LogP) is 0.450. The number of carboxylic acids is 1. The number of carboxylic acid groups (broad SMARTS) is 1. The highest BCUT2D eigenvalue weighted by molar-refractivity contribution is 5.77. The first-order chi connectivity index (χ1) is 6.62. The van der Waals surface area contributed by atoms with Gasteiger partial charge in [0.15, 0.2) is 5.60 Å². The smallest absolute Gasteiger partial charge is 0.335 e. The molecule has 4 nitrogen and oxygen atoms in total. The lowest BCUT2D eigenvalue weighted by Gasteiger charge is -2.44. The monoisotopic (exact) mass is 199 g/mol. The summed E-state index contributed by atoms with van der Waals surface area (Å²) in [5, 5.41) is 18.8. The second-order valence-electron chi connectivity index (χ2n) is 4.48. The summed E-state index contributed by atoms with van der Waals surface area (Å²) in [6.45, 7) is 1.80. The lowest BCUT2D eigenvalue weighted by atomic mass is 9.82. The summed E-state index contributed by atoms with van der Waals surface area (Å²) in [5.74, 6) is -1.05. The molecule has 2 saturated heterocycles. The van der Waals surface area contributed by atoms with E-state index in [0.717, 1.165) is 25.9 Å². The summed E-state index contributed by atoms with van der Waals surface area (Å²) < 4.78 is 0. The largest absolute Gasteiger partial charge is 0.479 e. The lowest BCUT2D eigenvalue weighted by Crippen LogP contribution is -2.55. The Labute approximate surface area is 83.5 Å². The second-order valence-corrected chi connectivity index (χ2v) is 4.48. The van der Waals surface area contributed by atoms with Crippen molar-refractivity contribution in [2.24, 2.45) is 0 Å². The summed E-state index contributed by atoms with van der Waals surface area (Å²) in [6.07, 6.45) is 4.19. The third-order valence-electron chi connectivity index (χ3n) is 3.53. The molecule has 2 N–H and O–H groups in total. The van der Waals surface area contributed by atoms with E-state index in [0.29, 0.717) is 18.9 Å². The van der Waals surface area contributed by atoms with Gasteiger partial charge in [-0.1, -0.05) is 6.42 Å². The number of hydrogen-bond acceptors (Lipinski definition) is 3. The molecule has 0 aromatic rings. The van der Waals surface area contributed by atoms with E-state index in [1.165, 1.54) is 6.42 Å². The number of rotatable bonds is 1. The lowest BCUT2D eigenvalue weighted by molar-refractivity contribution is -0.166. The van der Waals surface area contributed by atoms with Crippen LogP contribution in [0.25, 0.3) is 0 Å². The van der Waals surface area contributed by atoms with Crippen LogP contribution in [0.4, 0.5) is 0 Å². The number of carbonyl (C=O) groups is 1. The molecule has 0 radical (unpaired) electrons. The van der Waals surface area contributed by atoms with Crippen molar-refractivity contribution in [1.82, 2.24) is 4.90 Å². The van der Waals surface area contributed by atoms with Gasteiger partial charge in [-0.15, -0.1) is 0 Å². The summed E-state index contributed by atoms with van der Waals surface area (Å²) in [6, 6.07) is 0.290. The molecule has 2 heterocycles. The minimum atomic E-state index is -1.46. The van der Waals surface area contributed by atoms with Crippen LogP contribution in [-0.4, -0.2) is 45.8 Å². The molecule has 2 atom stereocenters. The van der Waals surface area contributed by atoms with Gasteiger partial charge < -0.3 is 15.1 Å². The number of aliphatic hydroxyl groups is 1. The molecule has 4 heteroatoms. The van der Waals surface area contributed by atoms with Crippen LogP contribution >= 0.6 is 0 Å². The van der Waals surface area contributed by atoms with Gasteiger partial charge in [0, 0.05) is 19.0 Å². The Bertz CT molecular complexity index is 244. The molecule has 0 aromatic carbocycles. The summed E-state index contributed by atoms with van der Waals surface area (Å²) in [5.41, 5.74) is -1.46. The van der Waals surface area contributed by atoms with E-state index in [-0.39, 0.29) is 0 Å². The van der Waals surface area contributed by atoms with Gasteiger partial charge in [0.05, 0.1) is 0 Å². The molecule has 0 bridgehead atoms. The summed E-state index contributed by atoms with van der Waals surface area (Å²) >= 11 is 0. The molecule has 0 amide bonds. The molecule has 80 valence electrons. The van der Waals surface area contributed by atoms with Crippen LogP contribution in [0, 0.1) is 0 Å². The Morgan fingerprint density at radius 1 is 1.36 bits per heavy atom. The predicted molar refractivity (Wildman–Crippen MR) is 51.0 cm³/mol. The fraction of sp³-hybridized carbons (Fsp3) is 0.900. The summed E-state index contributed by atoms with van der Waals surface area (Å²) in [4.78, 5) is 13.2. The van der Waals surface area contributed by atoms with Crippen molar-refractivity contribution in [3.8, 4) is 0 Å². The van der Waals surface area contributed by atoms with Crippen molar-refractivity contribution in [3.05, 3.63) is 0 Å². The maximum atomic E-state index is 10.9. The van der Waals surface area contributed by atoms with Crippen LogP contribution in [0.5, 0.6) is 0 Å². The molecule has 2 fully saturated rings. The first-order valence-corrected chi connectivity index (χ1v) is 5.32. The van der Waals surface area contributed by atoms with Crippen molar-refractivity contribution in [2.45, 2.75) is 43.7 Å². The highest BCUT2D eigenvalue weighted by atomic mass is 16.4. The van der Waals surface area contributed by atoms with Crippen molar-refractivity contribution < 1.29 is 15.0 Å². The van der Waals surface area contributed by atoms with E-state index in [4.69, 9.17) is 5.11 Å². The first-order valence-electron chi connectivity index (χ1n) is 5.32. The zero-order valence-electron chi connectivity index (χ0n) is 8.28. The minimum Gasteiger partial charge on any atom is -0.479 e. The van der Waals surface area contributed by atoms with E-state index in [2.05, 4.69) is 4.90 Å². The van der Waals surface area contributed by atoms with Gasteiger partial charge >= 0.3 is 5.97 Å². The normalized spacial score (nSPS) is 39.1. The van der Waals surface area contributed by atoms with E-state index in [1.54, 1.807) is 0 Å². The number of hydrogen-bond donors (Lipinski definition) is 2. The van der Waals surface area contributed by atoms with Gasteiger partial charge in [0.25, 0.3) is 0 Å². The van der Waals surface area contributed by atoms with Crippen LogP contribution < -0.4 is 0 Å². The number of fused-ring (bicyclic) bond motifs is 1. The van der Waals surface area contributed by atoms with Gasteiger partial charge in [-0.3, -0.25) is 0 Å². The van der Waals surface area contributed by atoms with Gasteiger partial charge in [-0.05, 0) is 25.8 Å². The van der Waals surface area contributed by atoms with Crippen LogP contribution in [0.3, 0.4) is 0 Å². The van der Waals surface area contributed by atoms with E-state index in [9.17, 15) is 9.90 Å². The first kappa shape index (κ1) is 9.93. The van der Waals surface area contributed by atoms with Gasteiger partial charge in [0.2, 0.25) is 0 Å². The van der Waals surface area contributed by atoms with Crippen molar-refractivity contribution >= 4 is 5.97 Å². The number of aliphatic carboxylic acids is 1. The standard InChI is InChI=1S/C10H17NO3/c12-9(13)10(14)4-6-11-5-2-1-3-8(11)7-10/h8,14H,1-7H2,(H,12,13). The highest BCUT2D eigenvalue weighted by Crippen LogP contribution is 2.32. The molecule has 0 aromatic heterocycles. The molecule has 2 unspecified atom stereocenters. The van der Waals surface area contributed by atoms with Gasteiger partial charge in [0.1, 0.15) is 0 Å². The van der Waals surface area contributed by atoms with Crippen molar-refractivity contribution in [2.75, 3.05) is 13.1 Å². The average Bonchev–Trinajstić information content (AvgIpc) is 2.17. The molecule has 2 aliphatic heterocycles. The van der Waals surface area contributed by atoms with E-state index < -0.39 is 11.6 Å². The maximum absolute atomic E-state index is 10.9. The Hall–Kier alpha value is -0.610. The number of nitrogens with zero attached hydrogens (tertiary/aromatic N) is 1. The zero-order chi connectivity index (χ0) is 10.2. The third kappa shape index (κ3) is 1.64. The Morgan fingerprint density at radius 2 is 2.14 bits per heavy atom. The molecule has 14 heavy (non-hydrogen) atoms. The molecule has 2 rings (SSSR count). The van der Waals surface area contributed by atoms with Crippen LogP contribution in [0.15, 0.2) is 0 Å². The van der Waals surface area contributed by atoms with Crippen LogP contribution in [0.1, 0.15) is 32.1 Å². The van der Waals surface area contributed by atoms with Gasteiger partial charge in [-0.2, -0.15) is 0 Å². The fourth-order valence-corrected chi connectivity index (χ4v) is 2.60. The second kappa shape index (κ2) is 3.51. The minimum absolute atomic E-state index is 0.290. The zero-order valence-corrected chi connectivity index (χ0v) is 8.28. The molecule has 0 saturated carbocycles. The van der Waals surface area contributed by atoms with Crippen molar-refractivity contribution in [3.63, 3.8) is 0 Å². The Balaban J connectivity index is 2.05. The Morgan fingerprint density at radius 3 is 2.86 bits per heavy atom. The summed E-state index contributed by atoms with van der Waals surface area (Å²) in [7, 11) is 0. The van der Waals surface area contributed by atoms with E-state index >= 15 is 0 Å².